The molecule has 1 heterocycles. The van der Waals surface area contributed by atoms with E-state index < -0.39 is 5.97 Å². The number of thioether (sulfide) groups is 1. The molecule has 0 bridgehead atoms. The fraction of sp³-hybridized carbons (Fsp3) is 0.400. The van der Waals surface area contributed by atoms with Gasteiger partial charge >= 0.3 is 0 Å². The van der Waals surface area contributed by atoms with Crippen molar-refractivity contribution in [2.45, 2.75) is 25.0 Å². The van der Waals surface area contributed by atoms with E-state index in [9.17, 15) is 14.7 Å². The summed E-state index contributed by atoms with van der Waals surface area (Å²) in [4.78, 5) is 27.6. The molecule has 0 saturated carbocycles. The number of benzene rings is 1. The van der Waals surface area contributed by atoms with Gasteiger partial charge in [-0.2, -0.15) is 0 Å². The van der Waals surface area contributed by atoms with Crippen LogP contribution < -0.4 is 10.7 Å². The van der Waals surface area contributed by atoms with Gasteiger partial charge in [-0.05, 0) is 25.5 Å². The first-order chi connectivity index (χ1) is 10.6. The van der Waals surface area contributed by atoms with Crippen LogP contribution in [0.1, 0.15) is 13.3 Å². The topological polar surface area (TPSA) is 84.2 Å². The summed E-state index contributed by atoms with van der Waals surface area (Å²) in [6.07, 6.45) is 0.659. The van der Waals surface area contributed by atoms with Crippen molar-refractivity contribution in [3.8, 4) is 0 Å². The van der Waals surface area contributed by atoms with E-state index in [-0.39, 0.29) is 11.3 Å². The van der Waals surface area contributed by atoms with E-state index in [4.69, 9.17) is 4.74 Å². The van der Waals surface area contributed by atoms with Crippen molar-refractivity contribution in [1.82, 2.24) is 9.55 Å². The number of carboxylic acids is 1. The molecule has 118 valence electrons. The molecule has 0 aliphatic carbocycles. The zero-order valence-corrected chi connectivity index (χ0v) is 13.1. The predicted octanol–water partition coefficient (Wildman–Crippen LogP) is 0.665. The lowest BCUT2D eigenvalue weighted by atomic mass is 10.2. The van der Waals surface area contributed by atoms with Gasteiger partial charge in [0.2, 0.25) is 0 Å². The number of carboxylic acid groups (broad SMARTS) is 1. The van der Waals surface area contributed by atoms with E-state index in [0.29, 0.717) is 42.2 Å². The maximum absolute atomic E-state index is 12.6. The Hall–Kier alpha value is -1.86. The van der Waals surface area contributed by atoms with Gasteiger partial charge in [-0.15, -0.1) is 0 Å². The third-order valence-electron chi connectivity index (χ3n) is 3.02. The molecule has 6 nitrogen and oxygen atoms in total. The maximum atomic E-state index is 12.6. The van der Waals surface area contributed by atoms with Crippen LogP contribution in [0.15, 0.2) is 34.2 Å². The van der Waals surface area contributed by atoms with Gasteiger partial charge in [-0.1, -0.05) is 23.9 Å². The van der Waals surface area contributed by atoms with Crippen molar-refractivity contribution >= 4 is 28.6 Å². The molecule has 7 heteroatoms. The summed E-state index contributed by atoms with van der Waals surface area (Å²) in [5, 5.41) is 11.6. The highest BCUT2D eigenvalue weighted by Crippen LogP contribution is 2.17. The molecule has 0 spiro atoms. The predicted molar refractivity (Wildman–Crippen MR) is 82.8 cm³/mol. The molecule has 0 aliphatic rings. The molecule has 0 unspecified atom stereocenters. The maximum Gasteiger partial charge on any atom is 0.262 e. The quantitative estimate of drug-likeness (QED) is 0.403. The van der Waals surface area contributed by atoms with Gasteiger partial charge in [-0.3, -0.25) is 9.36 Å². The minimum Gasteiger partial charge on any atom is -0.549 e. The van der Waals surface area contributed by atoms with Crippen LogP contribution in [0.2, 0.25) is 0 Å². The number of ether oxygens (including phenoxy) is 1. The molecule has 1 aromatic carbocycles. The first-order valence-corrected chi connectivity index (χ1v) is 8.02. The van der Waals surface area contributed by atoms with Gasteiger partial charge in [0.25, 0.3) is 5.56 Å². The standard InChI is InChI=1S/C15H18N2O4S/c1-2-21-9-5-8-17-14(20)11-6-3-4-7-12(11)16-15(17)22-10-13(18)19/h3-4,6-7H,2,5,8-10H2,1H3,(H,18,19)/p-1. The number of rotatable bonds is 8. The summed E-state index contributed by atoms with van der Waals surface area (Å²) in [6, 6.07) is 7.03. The highest BCUT2D eigenvalue weighted by molar-refractivity contribution is 7.99. The largest absolute Gasteiger partial charge is 0.549 e. The lowest BCUT2D eigenvalue weighted by molar-refractivity contribution is -0.301. The van der Waals surface area contributed by atoms with Crippen LogP contribution >= 0.6 is 11.8 Å². The molecule has 0 amide bonds. The molecule has 0 aliphatic heterocycles. The summed E-state index contributed by atoms with van der Waals surface area (Å²) in [5.74, 6) is -1.43. The minimum absolute atomic E-state index is 0.164. The van der Waals surface area contributed by atoms with Gasteiger partial charge in [0.15, 0.2) is 5.16 Å². The highest BCUT2D eigenvalue weighted by atomic mass is 32.2. The Morgan fingerprint density at radius 3 is 2.91 bits per heavy atom. The number of aromatic nitrogens is 2. The van der Waals surface area contributed by atoms with E-state index in [0.717, 1.165) is 11.8 Å². The molecule has 0 saturated heterocycles. The average molecular weight is 321 g/mol. The van der Waals surface area contributed by atoms with E-state index >= 15 is 0 Å². The summed E-state index contributed by atoms with van der Waals surface area (Å²) < 4.78 is 6.78. The van der Waals surface area contributed by atoms with Crippen molar-refractivity contribution in [1.29, 1.82) is 0 Å². The Labute approximate surface area is 132 Å². The van der Waals surface area contributed by atoms with Crippen LogP contribution in [-0.2, 0) is 16.1 Å². The van der Waals surface area contributed by atoms with Crippen LogP contribution in [0, 0.1) is 0 Å². The number of nitrogens with zero attached hydrogens (tertiary/aromatic N) is 2. The average Bonchev–Trinajstić information content (AvgIpc) is 2.51. The van der Waals surface area contributed by atoms with Crippen LogP contribution in [0.3, 0.4) is 0 Å². The molecule has 2 aromatic rings. The molecular formula is C15H17N2O4S-. The number of hydrogen-bond acceptors (Lipinski definition) is 6. The Balaban J connectivity index is 2.35. The third kappa shape index (κ3) is 4.08. The fourth-order valence-electron chi connectivity index (χ4n) is 2.05. The van der Waals surface area contributed by atoms with E-state index in [1.807, 2.05) is 6.92 Å². The van der Waals surface area contributed by atoms with Crippen molar-refractivity contribution < 1.29 is 14.6 Å². The van der Waals surface area contributed by atoms with Crippen molar-refractivity contribution in [3.05, 3.63) is 34.6 Å². The monoisotopic (exact) mass is 321 g/mol. The summed E-state index contributed by atoms with van der Waals surface area (Å²) in [6.45, 7) is 3.51. The normalized spacial score (nSPS) is 11.0. The fourth-order valence-corrected chi connectivity index (χ4v) is 2.79. The van der Waals surface area contributed by atoms with Crippen LogP contribution in [0.25, 0.3) is 10.9 Å². The van der Waals surface area contributed by atoms with Gasteiger partial charge in [-0.25, -0.2) is 4.98 Å². The number of fused-ring (bicyclic) bond motifs is 1. The Morgan fingerprint density at radius 2 is 2.18 bits per heavy atom. The number of para-hydroxylation sites is 1. The van der Waals surface area contributed by atoms with Crippen LogP contribution in [0.4, 0.5) is 0 Å². The van der Waals surface area contributed by atoms with Gasteiger partial charge < -0.3 is 14.6 Å². The van der Waals surface area contributed by atoms with Crippen molar-refractivity contribution in [3.63, 3.8) is 0 Å². The third-order valence-corrected chi connectivity index (χ3v) is 3.97. The van der Waals surface area contributed by atoms with Crippen molar-refractivity contribution in [2.24, 2.45) is 0 Å². The molecule has 2 rings (SSSR count). The van der Waals surface area contributed by atoms with Gasteiger partial charge in [0, 0.05) is 25.5 Å². The summed E-state index contributed by atoms with van der Waals surface area (Å²) in [5.41, 5.74) is 0.400. The molecule has 1 aromatic heterocycles. The van der Waals surface area contributed by atoms with Crippen molar-refractivity contribution in [2.75, 3.05) is 19.0 Å². The highest BCUT2D eigenvalue weighted by Gasteiger charge is 2.11. The van der Waals surface area contributed by atoms with Crippen LogP contribution in [-0.4, -0.2) is 34.5 Å². The number of carbonyl (C=O) groups is 1. The molecule has 22 heavy (non-hydrogen) atoms. The summed E-state index contributed by atoms with van der Waals surface area (Å²) >= 11 is 0.997. The smallest absolute Gasteiger partial charge is 0.262 e. The zero-order chi connectivity index (χ0) is 15.9. The van der Waals surface area contributed by atoms with E-state index in [1.165, 1.54) is 4.57 Å². The Morgan fingerprint density at radius 1 is 1.41 bits per heavy atom. The van der Waals surface area contributed by atoms with E-state index in [1.54, 1.807) is 24.3 Å². The second-order valence-corrected chi connectivity index (χ2v) is 5.52. The Kier molecular flexibility index (Phi) is 5.97. The molecule has 0 radical (unpaired) electrons. The molecule has 0 fully saturated rings. The number of aliphatic carboxylic acids is 1. The Bertz CT molecular complexity index is 714. The second-order valence-electron chi connectivity index (χ2n) is 4.58. The van der Waals surface area contributed by atoms with Gasteiger partial charge in [0.1, 0.15) is 0 Å². The number of hydrogen-bond donors (Lipinski definition) is 0. The molecule has 0 atom stereocenters. The van der Waals surface area contributed by atoms with Crippen LogP contribution in [0.5, 0.6) is 0 Å². The second kappa shape index (κ2) is 7.95. The first-order valence-electron chi connectivity index (χ1n) is 7.03. The molecule has 0 N–H and O–H groups in total. The lowest BCUT2D eigenvalue weighted by Crippen LogP contribution is -2.27. The summed E-state index contributed by atoms with van der Waals surface area (Å²) in [7, 11) is 0. The minimum atomic E-state index is -1.19. The van der Waals surface area contributed by atoms with Gasteiger partial charge in [0.05, 0.1) is 16.9 Å². The molecular weight excluding hydrogens is 304 g/mol. The number of carbonyl (C=O) groups excluding carboxylic acids is 1. The SMILES string of the molecule is CCOCCCn1c(SCC(=O)[O-])nc2ccccc2c1=O. The van der Waals surface area contributed by atoms with E-state index in [2.05, 4.69) is 4.98 Å². The zero-order valence-electron chi connectivity index (χ0n) is 12.3. The lowest BCUT2D eigenvalue weighted by Gasteiger charge is -2.13. The first kappa shape index (κ1) is 16.5.